The number of nitrogens with one attached hydrogen (secondary N) is 2. The SMILES string of the molecule is CCc1nc(NN)cc(NCC(C)(C)CCOC)n1. The molecule has 0 unspecified atom stereocenters. The van der Waals surface area contributed by atoms with Gasteiger partial charge in [-0.2, -0.15) is 0 Å². The van der Waals surface area contributed by atoms with Gasteiger partial charge >= 0.3 is 0 Å². The molecule has 1 aromatic heterocycles. The number of aromatic nitrogens is 2. The number of rotatable bonds is 8. The Kier molecular flexibility index (Phi) is 5.98. The number of aryl methyl sites for hydroxylation is 1. The Morgan fingerprint density at radius 2 is 2.00 bits per heavy atom. The molecule has 0 saturated carbocycles. The molecule has 19 heavy (non-hydrogen) atoms. The van der Waals surface area contributed by atoms with Gasteiger partial charge < -0.3 is 15.5 Å². The quantitative estimate of drug-likeness (QED) is 0.492. The normalized spacial score (nSPS) is 11.4. The van der Waals surface area contributed by atoms with E-state index >= 15 is 0 Å². The summed E-state index contributed by atoms with van der Waals surface area (Å²) in [6, 6.07) is 1.81. The van der Waals surface area contributed by atoms with Crippen LogP contribution in [0, 0.1) is 5.41 Å². The molecule has 0 aliphatic carbocycles. The maximum Gasteiger partial charge on any atom is 0.145 e. The van der Waals surface area contributed by atoms with E-state index in [-0.39, 0.29) is 5.41 Å². The Labute approximate surface area is 115 Å². The van der Waals surface area contributed by atoms with Gasteiger partial charge in [-0.15, -0.1) is 0 Å². The van der Waals surface area contributed by atoms with Gasteiger partial charge in [0.2, 0.25) is 0 Å². The molecule has 0 aromatic carbocycles. The third kappa shape index (κ3) is 5.40. The summed E-state index contributed by atoms with van der Waals surface area (Å²) in [7, 11) is 1.72. The summed E-state index contributed by atoms with van der Waals surface area (Å²) in [5, 5.41) is 3.34. The Morgan fingerprint density at radius 1 is 1.32 bits per heavy atom. The van der Waals surface area contributed by atoms with E-state index in [1.807, 2.05) is 13.0 Å². The molecule has 0 aliphatic heterocycles. The fourth-order valence-electron chi connectivity index (χ4n) is 1.62. The highest BCUT2D eigenvalue weighted by Gasteiger charge is 2.17. The van der Waals surface area contributed by atoms with Gasteiger partial charge in [-0.1, -0.05) is 20.8 Å². The van der Waals surface area contributed by atoms with Gasteiger partial charge in [0.15, 0.2) is 0 Å². The zero-order chi connectivity index (χ0) is 14.3. The van der Waals surface area contributed by atoms with Crippen LogP contribution in [0.25, 0.3) is 0 Å². The first-order valence-electron chi connectivity index (χ1n) is 6.58. The Bertz CT molecular complexity index is 372. The van der Waals surface area contributed by atoms with Gasteiger partial charge in [-0.25, -0.2) is 15.8 Å². The van der Waals surface area contributed by atoms with Gasteiger partial charge in [0, 0.05) is 32.7 Å². The molecular weight excluding hydrogens is 242 g/mol. The lowest BCUT2D eigenvalue weighted by Gasteiger charge is -2.25. The van der Waals surface area contributed by atoms with Crippen molar-refractivity contribution in [3.63, 3.8) is 0 Å². The van der Waals surface area contributed by atoms with Gasteiger partial charge in [0.05, 0.1) is 0 Å². The maximum atomic E-state index is 5.41. The molecule has 0 bridgehead atoms. The first-order valence-corrected chi connectivity index (χ1v) is 6.58. The number of hydrogen-bond acceptors (Lipinski definition) is 6. The average Bonchev–Trinajstić information content (AvgIpc) is 2.42. The predicted molar refractivity (Wildman–Crippen MR) is 78.0 cm³/mol. The zero-order valence-electron chi connectivity index (χ0n) is 12.3. The van der Waals surface area contributed by atoms with E-state index in [1.54, 1.807) is 7.11 Å². The zero-order valence-corrected chi connectivity index (χ0v) is 12.3. The van der Waals surface area contributed by atoms with Crippen LogP contribution in [-0.2, 0) is 11.2 Å². The van der Waals surface area contributed by atoms with Crippen molar-refractivity contribution in [3.8, 4) is 0 Å². The van der Waals surface area contributed by atoms with Crippen molar-refractivity contribution in [2.75, 3.05) is 31.0 Å². The summed E-state index contributed by atoms with van der Waals surface area (Å²) in [6.07, 6.45) is 1.77. The number of hydrogen-bond donors (Lipinski definition) is 3. The molecule has 0 spiro atoms. The van der Waals surface area contributed by atoms with E-state index in [0.29, 0.717) is 5.82 Å². The molecule has 0 radical (unpaired) electrons. The van der Waals surface area contributed by atoms with Crippen molar-refractivity contribution in [1.29, 1.82) is 0 Å². The Hall–Kier alpha value is -1.40. The molecule has 1 heterocycles. The highest BCUT2D eigenvalue weighted by atomic mass is 16.5. The lowest BCUT2D eigenvalue weighted by Crippen LogP contribution is -2.25. The first-order chi connectivity index (χ1) is 9.00. The van der Waals surface area contributed by atoms with Crippen LogP contribution in [0.15, 0.2) is 6.07 Å². The summed E-state index contributed by atoms with van der Waals surface area (Å²) in [4.78, 5) is 8.69. The van der Waals surface area contributed by atoms with Gasteiger partial charge in [-0.3, -0.25) is 0 Å². The van der Waals surface area contributed by atoms with E-state index in [2.05, 4.69) is 34.6 Å². The molecule has 1 aromatic rings. The molecule has 6 nitrogen and oxygen atoms in total. The highest BCUT2D eigenvalue weighted by molar-refractivity contribution is 5.46. The van der Waals surface area contributed by atoms with Crippen LogP contribution in [0.4, 0.5) is 11.6 Å². The van der Waals surface area contributed by atoms with Crippen molar-refractivity contribution in [3.05, 3.63) is 11.9 Å². The van der Waals surface area contributed by atoms with Gasteiger partial charge in [0.25, 0.3) is 0 Å². The van der Waals surface area contributed by atoms with Crippen molar-refractivity contribution >= 4 is 11.6 Å². The maximum absolute atomic E-state index is 5.41. The molecule has 0 fully saturated rings. The van der Waals surface area contributed by atoms with E-state index in [4.69, 9.17) is 10.6 Å². The van der Waals surface area contributed by atoms with Crippen molar-refractivity contribution in [2.24, 2.45) is 11.3 Å². The van der Waals surface area contributed by atoms with Crippen molar-refractivity contribution < 1.29 is 4.74 Å². The second-order valence-corrected chi connectivity index (χ2v) is 5.31. The lowest BCUT2D eigenvalue weighted by atomic mass is 9.90. The number of nitrogen functional groups attached to an aromatic ring is 1. The molecule has 0 aliphatic rings. The van der Waals surface area contributed by atoms with Crippen LogP contribution in [0.3, 0.4) is 0 Å². The molecular formula is C13H25N5O. The average molecular weight is 267 g/mol. The van der Waals surface area contributed by atoms with Gasteiger partial charge in [0.1, 0.15) is 17.5 Å². The Morgan fingerprint density at radius 3 is 2.58 bits per heavy atom. The molecule has 0 atom stereocenters. The summed E-state index contributed by atoms with van der Waals surface area (Å²) >= 11 is 0. The van der Waals surface area contributed by atoms with Crippen LogP contribution < -0.4 is 16.6 Å². The smallest absolute Gasteiger partial charge is 0.145 e. The fourth-order valence-corrected chi connectivity index (χ4v) is 1.62. The van der Waals surface area contributed by atoms with Gasteiger partial charge in [-0.05, 0) is 11.8 Å². The number of anilines is 2. The molecule has 6 heteroatoms. The lowest BCUT2D eigenvalue weighted by molar-refractivity contribution is 0.157. The second kappa shape index (κ2) is 7.25. The topological polar surface area (TPSA) is 85.1 Å². The third-order valence-corrected chi connectivity index (χ3v) is 2.97. The van der Waals surface area contributed by atoms with Crippen LogP contribution in [0.1, 0.15) is 33.0 Å². The van der Waals surface area contributed by atoms with E-state index in [1.165, 1.54) is 0 Å². The number of ether oxygens (including phenoxy) is 1. The number of methoxy groups -OCH3 is 1. The summed E-state index contributed by atoms with van der Waals surface area (Å²) in [6.45, 7) is 7.99. The number of hydrazine groups is 1. The molecule has 108 valence electrons. The molecule has 4 N–H and O–H groups in total. The first kappa shape index (κ1) is 15.7. The van der Waals surface area contributed by atoms with Crippen LogP contribution in [-0.4, -0.2) is 30.2 Å². The molecule has 1 rings (SSSR count). The number of nitrogens with zero attached hydrogens (tertiary/aromatic N) is 2. The minimum atomic E-state index is 0.143. The molecule has 0 amide bonds. The fraction of sp³-hybridized carbons (Fsp3) is 0.692. The van der Waals surface area contributed by atoms with E-state index in [0.717, 1.165) is 37.6 Å². The predicted octanol–water partition coefficient (Wildman–Crippen LogP) is 1.80. The van der Waals surface area contributed by atoms with Crippen LogP contribution >= 0.6 is 0 Å². The largest absolute Gasteiger partial charge is 0.385 e. The summed E-state index contributed by atoms with van der Waals surface area (Å²) in [5.74, 6) is 7.60. The van der Waals surface area contributed by atoms with Crippen LogP contribution in [0.5, 0.6) is 0 Å². The third-order valence-electron chi connectivity index (χ3n) is 2.97. The monoisotopic (exact) mass is 267 g/mol. The van der Waals surface area contributed by atoms with E-state index in [9.17, 15) is 0 Å². The van der Waals surface area contributed by atoms with Crippen molar-refractivity contribution in [1.82, 2.24) is 9.97 Å². The molecule has 0 saturated heterocycles. The van der Waals surface area contributed by atoms with E-state index < -0.39 is 0 Å². The standard InChI is InChI=1S/C13H25N5O/c1-5-10-16-11(8-12(17-10)18-14)15-9-13(2,3)6-7-19-4/h8H,5-7,9,14H2,1-4H3,(H2,15,16,17,18). The Balaban J connectivity index is 2.66. The van der Waals surface area contributed by atoms with Crippen molar-refractivity contribution in [2.45, 2.75) is 33.6 Å². The second-order valence-electron chi connectivity index (χ2n) is 5.31. The number of nitrogens with two attached hydrogens (primary N) is 1. The highest BCUT2D eigenvalue weighted by Crippen LogP contribution is 2.21. The summed E-state index contributed by atoms with van der Waals surface area (Å²) < 4.78 is 5.12. The minimum Gasteiger partial charge on any atom is -0.385 e. The minimum absolute atomic E-state index is 0.143. The van der Waals surface area contributed by atoms with Crippen LogP contribution in [0.2, 0.25) is 0 Å². The summed E-state index contributed by atoms with van der Waals surface area (Å²) in [5.41, 5.74) is 2.70.